The first-order valence-electron chi connectivity index (χ1n) is 10.4. The van der Waals surface area contributed by atoms with E-state index in [1.165, 1.54) is 12.4 Å². The van der Waals surface area contributed by atoms with Crippen molar-refractivity contribution in [3.8, 4) is 0 Å². The van der Waals surface area contributed by atoms with Gasteiger partial charge in [-0.25, -0.2) is 4.98 Å². The van der Waals surface area contributed by atoms with E-state index in [4.69, 9.17) is 0 Å². The molecule has 0 unspecified atom stereocenters. The zero-order chi connectivity index (χ0) is 22.9. The summed E-state index contributed by atoms with van der Waals surface area (Å²) in [7, 11) is 0. The number of amides is 2. The van der Waals surface area contributed by atoms with E-state index in [-0.39, 0.29) is 17.2 Å². The van der Waals surface area contributed by atoms with Crippen molar-refractivity contribution in [2.45, 2.75) is 32.7 Å². The van der Waals surface area contributed by atoms with Crippen molar-refractivity contribution in [2.75, 3.05) is 22.1 Å². The Morgan fingerprint density at radius 1 is 1.19 bits per heavy atom. The van der Waals surface area contributed by atoms with E-state index in [9.17, 15) is 14.8 Å². The second-order valence-corrected chi connectivity index (χ2v) is 8.49. The zero-order valence-corrected chi connectivity index (χ0v) is 18.3. The monoisotopic (exact) mass is 431 g/mol. The summed E-state index contributed by atoms with van der Waals surface area (Å²) in [4.78, 5) is 31.2. The number of nitrogens with one attached hydrogen (secondary N) is 2. The maximum absolute atomic E-state index is 13.0. The molecule has 1 aromatic carbocycles. The first-order valence-corrected chi connectivity index (χ1v) is 10.4. The van der Waals surface area contributed by atoms with Gasteiger partial charge in [-0.3, -0.25) is 9.59 Å². The summed E-state index contributed by atoms with van der Waals surface area (Å²) in [6.07, 6.45) is 4.45. The number of rotatable bonds is 5. The van der Waals surface area contributed by atoms with E-state index in [1.807, 2.05) is 18.2 Å². The molecule has 4 rings (SSSR count). The molecule has 8 nitrogen and oxygen atoms in total. The van der Waals surface area contributed by atoms with Gasteiger partial charge in [-0.05, 0) is 35.4 Å². The van der Waals surface area contributed by atoms with Crippen LogP contribution in [0.5, 0.6) is 0 Å². The van der Waals surface area contributed by atoms with Gasteiger partial charge in [0, 0.05) is 55.1 Å². The maximum atomic E-state index is 13.0. The van der Waals surface area contributed by atoms with Crippen LogP contribution in [0.3, 0.4) is 0 Å². The summed E-state index contributed by atoms with van der Waals surface area (Å²) < 4.78 is 0.716. The number of nitrogens with zero attached hydrogens (tertiary/aromatic N) is 3. The summed E-state index contributed by atoms with van der Waals surface area (Å²) in [5.74, 6) is 0.108. The zero-order valence-electron chi connectivity index (χ0n) is 18.3. The highest BCUT2D eigenvalue weighted by Crippen LogP contribution is 2.41. The number of benzene rings is 1. The number of carbonyl (C=O) groups is 2. The topological polar surface area (TPSA) is 101 Å². The Labute approximate surface area is 186 Å². The van der Waals surface area contributed by atoms with E-state index in [2.05, 4.69) is 29.5 Å². The average Bonchev–Trinajstić information content (AvgIpc) is 3.04. The Hall–Kier alpha value is -3.94. The van der Waals surface area contributed by atoms with Gasteiger partial charge in [-0.1, -0.05) is 19.9 Å². The molecule has 0 bridgehead atoms. The second kappa shape index (κ2) is 8.30. The molecular formula is C24H25N5O3. The smallest absolute Gasteiger partial charge is 0.259 e. The highest BCUT2D eigenvalue weighted by Gasteiger charge is 2.37. The van der Waals surface area contributed by atoms with Crippen LogP contribution in [0.15, 0.2) is 61.1 Å². The van der Waals surface area contributed by atoms with Crippen LogP contribution in [0.1, 0.15) is 42.3 Å². The predicted octanol–water partition coefficient (Wildman–Crippen LogP) is 3.22. The van der Waals surface area contributed by atoms with Gasteiger partial charge in [0.05, 0.1) is 5.56 Å². The normalized spacial score (nSPS) is 14.0. The van der Waals surface area contributed by atoms with Gasteiger partial charge < -0.3 is 20.7 Å². The first kappa shape index (κ1) is 21.3. The highest BCUT2D eigenvalue weighted by atomic mass is 16.5. The van der Waals surface area contributed by atoms with Crippen molar-refractivity contribution in [2.24, 2.45) is 0 Å². The van der Waals surface area contributed by atoms with Crippen molar-refractivity contribution in [1.29, 1.82) is 0 Å². The van der Waals surface area contributed by atoms with Crippen LogP contribution in [0.4, 0.5) is 17.2 Å². The van der Waals surface area contributed by atoms with Gasteiger partial charge in [-0.15, -0.1) is 0 Å². The van der Waals surface area contributed by atoms with E-state index in [0.29, 0.717) is 34.9 Å². The molecule has 0 saturated carbocycles. The largest absolute Gasteiger partial charge is 0.619 e. The quantitative estimate of drug-likeness (QED) is 0.477. The number of aromatic nitrogens is 2. The molecule has 2 aromatic heterocycles. The molecule has 8 heteroatoms. The summed E-state index contributed by atoms with van der Waals surface area (Å²) >= 11 is 0. The number of hydrogen-bond donors (Lipinski definition) is 2. The van der Waals surface area contributed by atoms with E-state index < -0.39 is 0 Å². The van der Waals surface area contributed by atoms with Crippen molar-refractivity contribution in [3.63, 3.8) is 0 Å². The fourth-order valence-electron chi connectivity index (χ4n) is 3.93. The molecule has 0 saturated heterocycles. The van der Waals surface area contributed by atoms with E-state index >= 15 is 0 Å². The lowest BCUT2D eigenvalue weighted by atomic mass is 9.87. The van der Waals surface area contributed by atoms with Gasteiger partial charge >= 0.3 is 0 Å². The number of fused-ring (bicyclic) bond motifs is 1. The molecule has 0 aliphatic carbocycles. The Bertz CT molecular complexity index is 1170. The summed E-state index contributed by atoms with van der Waals surface area (Å²) in [6.45, 7) is 6.78. The number of anilines is 3. The van der Waals surface area contributed by atoms with Crippen LogP contribution in [0.2, 0.25) is 0 Å². The fourth-order valence-corrected chi connectivity index (χ4v) is 3.93. The van der Waals surface area contributed by atoms with Crippen molar-refractivity contribution in [1.82, 2.24) is 4.98 Å². The molecule has 3 aromatic rings. The standard InChI is InChI=1S/C24H25N5O3/c1-16(30)29-15-24(2,3)20-7-6-18(13-21(20)29)27-23(31)19-5-4-10-25-22(19)26-14-17-8-11-28(32)12-9-17/h4-13H,14-15H2,1-3H3,(H,25,26)(H,27,31). The number of carbonyl (C=O) groups excluding carboxylic acids is 2. The van der Waals surface area contributed by atoms with Crippen molar-refractivity contribution in [3.05, 3.63) is 83.0 Å². The third-order valence-corrected chi connectivity index (χ3v) is 5.59. The molecule has 2 amide bonds. The van der Waals surface area contributed by atoms with Crippen LogP contribution >= 0.6 is 0 Å². The molecule has 0 spiro atoms. The molecule has 3 heterocycles. The minimum atomic E-state index is -0.308. The second-order valence-electron chi connectivity index (χ2n) is 8.49. The predicted molar refractivity (Wildman–Crippen MR) is 122 cm³/mol. The Morgan fingerprint density at radius 2 is 1.94 bits per heavy atom. The van der Waals surface area contributed by atoms with Crippen LogP contribution in [0, 0.1) is 5.21 Å². The molecule has 0 radical (unpaired) electrons. The lowest BCUT2D eigenvalue weighted by molar-refractivity contribution is -0.605. The molecule has 0 fully saturated rings. The van der Waals surface area contributed by atoms with E-state index in [1.54, 1.807) is 42.3 Å². The number of pyridine rings is 2. The number of hydrogen-bond acceptors (Lipinski definition) is 5. The Balaban J connectivity index is 1.53. The average molecular weight is 431 g/mol. The van der Waals surface area contributed by atoms with Crippen LogP contribution in [-0.4, -0.2) is 23.3 Å². The lowest BCUT2D eigenvalue weighted by Crippen LogP contribution is -2.32. The molecule has 164 valence electrons. The van der Waals surface area contributed by atoms with Gasteiger partial charge in [0.2, 0.25) is 5.91 Å². The van der Waals surface area contributed by atoms with Gasteiger partial charge in [-0.2, -0.15) is 4.73 Å². The molecule has 1 aliphatic rings. The van der Waals surface area contributed by atoms with Crippen LogP contribution in [0.25, 0.3) is 0 Å². The molecule has 0 atom stereocenters. The molecule has 2 N–H and O–H groups in total. The molecular weight excluding hydrogens is 406 g/mol. The minimum absolute atomic E-state index is 0.0255. The van der Waals surface area contributed by atoms with Gasteiger partial charge in [0.1, 0.15) is 5.82 Å². The van der Waals surface area contributed by atoms with E-state index in [0.717, 1.165) is 16.8 Å². The minimum Gasteiger partial charge on any atom is -0.619 e. The summed E-state index contributed by atoms with van der Waals surface area (Å²) in [6, 6.07) is 12.5. The van der Waals surface area contributed by atoms with Crippen molar-refractivity contribution < 1.29 is 14.3 Å². The maximum Gasteiger partial charge on any atom is 0.259 e. The fraction of sp³-hybridized carbons (Fsp3) is 0.250. The molecule has 1 aliphatic heterocycles. The highest BCUT2D eigenvalue weighted by molar-refractivity contribution is 6.08. The third kappa shape index (κ3) is 4.25. The molecule has 32 heavy (non-hydrogen) atoms. The Kier molecular flexibility index (Phi) is 5.52. The first-order chi connectivity index (χ1) is 15.2. The summed E-state index contributed by atoms with van der Waals surface area (Å²) in [5, 5.41) is 17.3. The van der Waals surface area contributed by atoms with Crippen LogP contribution < -0.4 is 20.3 Å². The Morgan fingerprint density at radius 3 is 2.66 bits per heavy atom. The third-order valence-electron chi connectivity index (χ3n) is 5.59. The van der Waals surface area contributed by atoms with Crippen molar-refractivity contribution >= 4 is 29.0 Å². The summed E-state index contributed by atoms with van der Waals surface area (Å²) in [5.41, 5.74) is 3.65. The van der Waals surface area contributed by atoms with Gasteiger partial charge in [0.15, 0.2) is 12.4 Å². The van der Waals surface area contributed by atoms with Crippen LogP contribution in [-0.2, 0) is 16.8 Å². The lowest BCUT2D eigenvalue weighted by Gasteiger charge is -2.19. The van der Waals surface area contributed by atoms with Gasteiger partial charge in [0.25, 0.3) is 5.91 Å². The SMILES string of the molecule is CC(=O)N1CC(C)(C)c2ccc(NC(=O)c3cccnc3NCc3cc[n+]([O-])cc3)cc21.